The van der Waals surface area contributed by atoms with Crippen LogP contribution in [0.5, 0.6) is 11.5 Å². The number of allylic oxidation sites excluding steroid dienone is 1. The van der Waals surface area contributed by atoms with Crippen molar-refractivity contribution >= 4 is 0 Å². The van der Waals surface area contributed by atoms with Crippen molar-refractivity contribution in [2.75, 3.05) is 0 Å². The maximum atomic E-state index is 15.0. The van der Waals surface area contributed by atoms with E-state index >= 15 is 0 Å². The van der Waals surface area contributed by atoms with Gasteiger partial charge in [-0.2, -0.15) is 22.0 Å². The maximum Gasteiger partial charge on any atom is 0.432 e. The number of hydrogen-bond acceptors (Lipinski definition) is 2. The van der Waals surface area contributed by atoms with Crippen LogP contribution in [0.25, 0.3) is 11.1 Å². The summed E-state index contributed by atoms with van der Waals surface area (Å²) in [5, 5.41) is 0. The highest BCUT2D eigenvalue weighted by atomic mass is 19.4. The Morgan fingerprint density at radius 3 is 1.69 bits per heavy atom. The summed E-state index contributed by atoms with van der Waals surface area (Å²) in [6.07, 6.45) is -7.20. The summed E-state index contributed by atoms with van der Waals surface area (Å²) in [5.41, 5.74) is 0.245. The van der Waals surface area contributed by atoms with Crippen molar-refractivity contribution in [3.05, 3.63) is 130 Å². The molecule has 0 radical (unpaired) electrons. The molecule has 4 aromatic rings. The van der Waals surface area contributed by atoms with Gasteiger partial charge in [0, 0.05) is 17.7 Å². The second-order valence-corrected chi connectivity index (χ2v) is 9.99. The summed E-state index contributed by atoms with van der Waals surface area (Å²) >= 11 is 0. The predicted octanol–water partition coefficient (Wildman–Crippen LogP) is 10.4. The number of aryl methyl sites for hydroxylation is 3. The van der Waals surface area contributed by atoms with Gasteiger partial charge in [0.05, 0.1) is 12.3 Å². The zero-order valence-electron chi connectivity index (χ0n) is 23.4. The Bertz CT molecular complexity index is 1630. The van der Waals surface area contributed by atoms with Crippen LogP contribution in [0.4, 0.5) is 43.9 Å². The molecule has 2 nitrogen and oxygen atoms in total. The molecular weight excluding hydrogens is 618 g/mol. The molecule has 0 aliphatic carbocycles. The summed E-state index contributed by atoms with van der Waals surface area (Å²) in [6.45, 7) is 2.08. The summed E-state index contributed by atoms with van der Waals surface area (Å²) < 4.78 is 148. The van der Waals surface area contributed by atoms with Crippen LogP contribution in [0, 0.1) is 29.1 Å². The molecule has 0 bridgehead atoms. The van der Waals surface area contributed by atoms with Crippen molar-refractivity contribution in [1.29, 1.82) is 0 Å². The minimum atomic E-state index is -4.86. The Morgan fingerprint density at radius 1 is 0.622 bits per heavy atom. The highest BCUT2D eigenvalue weighted by Gasteiger charge is 2.41. The van der Waals surface area contributed by atoms with E-state index in [1.807, 2.05) is 24.3 Å². The van der Waals surface area contributed by atoms with Gasteiger partial charge in [-0.1, -0.05) is 49.7 Å². The quantitative estimate of drug-likeness (QED) is 0.120. The second-order valence-electron chi connectivity index (χ2n) is 9.99. The molecule has 0 heterocycles. The SMILES string of the molecule is CCCc1ccc(CCc2ccc(-c3cc(F)c(C(F)(F)Oc4cc(F)c(O/C=C/C(F)(F)F)c(F)c4)c(F)c3)c(F)c2)cc1. The first-order valence-electron chi connectivity index (χ1n) is 13.5. The van der Waals surface area contributed by atoms with Gasteiger partial charge < -0.3 is 9.47 Å². The van der Waals surface area contributed by atoms with Gasteiger partial charge in [-0.05, 0) is 59.7 Å². The van der Waals surface area contributed by atoms with Crippen molar-refractivity contribution in [3.63, 3.8) is 0 Å². The van der Waals surface area contributed by atoms with Gasteiger partial charge in [0.1, 0.15) is 28.8 Å². The molecule has 4 rings (SSSR count). The van der Waals surface area contributed by atoms with Crippen LogP contribution in [0.2, 0.25) is 0 Å². The van der Waals surface area contributed by atoms with E-state index < -0.39 is 70.1 Å². The molecule has 238 valence electrons. The first kappa shape index (κ1) is 33.4. The van der Waals surface area contributed by atoms with Crippen LogP contribution in [0.15, 0.2) is 79.1 Å². The second kappa shape index (κ2) is 13.7. The smallest absolute Gasteiger partial charge is 0.432 e. The molecule has 4 aromatic carbocycles. The van der Waals surface area contributed by atoms with Gasteiger partial charge in [-0.3, -0.25) is 0 Å². The van der Waals surface area contributed by atoms with E-state index in [4.69, 9.17) is 0 Å². The van der Waals surface area contributed by atoms with Gasteiger partial charge in [0.25, 0.3) is 0 Å². The summed E-state index contributed by atoms with van der Waals surface area (Å²) in [6, 6.07) is 13.2. The lowest BCUT2D eigenvalue weighted by Gasteiger charge is -2.20. The number of rotatable bonds is 11. The zero-order chi connectivity index (χ0) is 32.9. The third kappa shape index (κ3) is 8.58. The van der Waals surface area contributed by atoms with Crippen molar-refractivity contribution in [3.8, 4) is 22.6 Å². The number of hydrogen-bond donors (Lipinski definition) is 0. The Kier molecular flexibility index (Phi) is 10.1. The standard InChI is InChI=1S/C33H24F10O2/c1-2-3-19-4-6-20(7-5-19)8-9-21-10-11-24(25(34)14-21)22-15-26(35)30(27(36)16-22)33(42,43)45-23-17-28(37)31(29(38)18-23)44-13-12-32(39,40)41/h4-7,10-18H,2-3,8-9H2,1H3/b13-12+. The van der Waals surface area contributed by atoms with Gasteiger partial charge in [-0.25, -0.2) is 22.0 Å². The largest absolute Gasteiger partial charge is 0.459 e. The molecule has 45 heavy (non-hydrogen) atoms. The first-order chi connectivity index (χ1) is 21.2. The topological polar surface area (TPSA) is 18.5 Å². The van der Waals surface area contributed by atoms with Crippen LogP contribution in [0.3, 0.4) is 0 Å². The molecule has 0 saturated carbocycles. The Balaban J connectivity index is 1.50. The van der Waals surface area contributed by atoms with E-state index in [0.29, 0.717) is 30.5 Å². The van der Waals surface area contributed by atoms with Crippen molar-refractivity contribution < 1.29 is 53.4 Å². The minimum absolute atomic E-state index is 0.0768. The van der Waals surface area contributed by atoms with Gasteiger partial charge in [0.15, 0.2) is 17.4 Å². The molecule has 12 heteroatoms. The highest BCUT2D eigenvalue weighted by Crippen LogP contribution is 2.39. The fraction of sp³-hybridized carbons (Fsp3) is 0.212. The average molecular weight is 643 g/mol. The number of alkyl halides is 5. The number of ether oxygens (including phenoxy) is 2. The highest BCUT2D eigenvalue weighted by molar-refractivity contribution is 5.65. The van der Waals surface area contributed by atoms with Crippen LogP contribution < -0.4 is 9.47 Å². The van der Waals surface area contributed by atoms with Crippen molar-refractivity contribution in [2.45, 2.75) is 44.9 Å². The molecule has 0 aromatic heterocycles. The molecule has 0 aliphatic heterocycles. The lowest BCUT2D eigenvalue weighted by molar-refractivity contribution is -0.189. The minimum Gasteiger partial charge on any atom is -0.459 e. The van der Waals surface area contributed by atoms with Crippen LogP contribution in [-0.2, 0) is 25.4 Å². The van der Waals surface area contributed by atoms with Gasteiger partial charge in [0.2, 0.25) is 0 Å². The fourth-order valence-corrected chi connectivity index (χ4v) is 4.49. The lowest BCUT2D eigenvalue weighted by atomic mass is 9.98. The van der Waals surface area contributed by atoms with E-state index in [9.17, 15) is 43.9 Å². The Labute approximate surface area is 251 Å². The van der Waals surface area contributed by atoms with E-state index in [2.05, 4.69) is 16.4 Å². The molecule has 0 unspecified atom stereocenters. The third-order valence-electron chi connectivity index (χ3n) is 6.60. The molecule has 0 aliphatic rings. The van der Waals surface area contributed by atoms with E-state index in [-0.39, 0.29) is 24.0 Å². The molecular formula is C33H24F10O2. The van der Waals surface area contributed by atoms with Gasteiger partial charge >= 0.3 is 12.3 Å². The van der Waals surface area contributed by atoms with Crippen molar-refractivity contribution in [1.82, 2.24) is 0 Å². The Hall–Kier alpha value is -4.48. The summed E-state index contributed by atoms with van der Waals surface area (Å²) in [4.78, 5) is 0. The molecule has 0 atom stereocenters. The van der Waals surface area contributed by atoms with E-state index in [1.54, 1.807) is 6.07 Å². The number of halogens is 10. The molecule has 0 fully saturated rings. The maximum absolute atomic E-state index is 15.0. The summed E-state index contributed by atoms with van der Waals surface area (Å²) in [7, 11) is 0. The normalized spacial score (nSPS) is 12.2. The van der Waals surface area contributed by atoms with E-state index in [0.717, 1.165) is 18.4 Å². The zero-order valence-corrected chi connectivity index (χ0v) is 23.4. The molecule has 0 saturated heterocycles. The first-order valence-corrected chi connectivity index (χ1v) is 13.5. The van der Waals surface area contributed by atoms with E-state index in [1.165, 1.54) is 17.7 Å². The van der Waals surface area contributed by atoms with Crippen LogP contribution in [-0.4, -0.2) is 6.18 Å². The monoisotopic (exact) mass is 642 g/mol. The third-order valence-corrected chi connectivity index (χ3v) is 6.60. The molecule has 0 spiro atoms. The summed E-state index contributed by atoms with van der Waals surface area (Å²) in [5.74, 6) is -10.7. The number of benzene rings is 4. The predicted molar refractivity (Wildman–Crippen MR) is 146 cm³/mol. The average Bonchev–Trinajstić information content (AvgIpc) is 2.93. The van der Waals surface area contributed by atoms with Crippen LogP contribution >= 0.6 is 0 Å². The molecule has 0 N–H and O–H groups in total. The lowest BCUT2D eigenvalue weighted by Crippen LogP contribution is -2.25. The molecule has 0 amide bonds. The van der Waals surface area contributed by atoms with Crippen molar-refractivity contribution in [2.24, 2.45) is 0 Å². The fourth-order valence-electron chi connectivity index (χ4n) is 4.49. The Morgan fingerprint density at radius 2 is 1.16 bits per heavy atom. The van der Waals surface area contributed by atoms with Crippen LogP contribution in [0.1, 0.15) is 35.6 Å². The van der Waals surface area contributed by atoms with Gasteiger partial charge in [-0.15, -0.1) is 0 Å².